The summed E-state index contributed by atoms with van der Waals surface area (Å²) in [5.41, 5.74) is 3.32. The van der Waals surface area contributed by atoms with Gasteiger partial charge in [-0.05, 0) is 50.3 Å². The number of fused-ring (bicyclic) bond motifs is 2. The summed E-state index contributed by atoms with van der Waals surface area (Å²) in [6.07, 6.45) is 5.81. The van der Waals surface area contributed by atoms with Crippen molar-refractivity contribution in [1.82, 2.24) is 10.2 Å². The second kappa shape index (κ2) is 8.36. The van der Waals surface area contributed by atoms with Crippen LogP contribution >= 0.6 is 0 Å². The van der Waals surface area contributed by atoms with Crippen molar-refractivity contribution in [2.45, 2.75) is 63.7 Å². The number of rotatable bonds is 5. The van der Waals surface area contributed by atoms with E-state index in [4.69, 9.17) is 4.74 Å². The summed E-state index contributed by atoms with van der Waals surface area (Å²) in [6.45, 7) is 3.15. The Hall–Kier alpha value is -2.33. The van der Waals surface area contributed by atoms with Gasteiger partial charge in [0.25, 0.3) is 5.91 Å². The highest BCUT2D eigenvalue weighted by Crippen LogP contribution is 2.35. The molecule has 1 amide bonds. The van der Waals surface area contributed by atoms with Gasteiger partial charge >= 0.3 is 0 Å². The number of amides is 1. The average molecular weight is 379 g/mol. The van der Waals surface area contributed by atoms with Crippen molar-refractivity contribution in [2.75, 3.05) is 7.11 Å². The lowest BCUT2D eigenvalue weighted by molar-refractivity contribution is 0.0177. The smallest absolute Gasteiger partial charge is 0.255 e. The molecule has 2 aromatic carbocycles. The molecule has 2 atom stereocenters. The van der Waals surface area contributed by atoms with Crippen LogP contribution in [0.5, 0.6) is 5.75 Å². The Bertz CT molecular complexity index is 804. The van der Waals surface area contributed by atoms with Crippen molar-refractivity contribution in [3.05, 3.63) is 65.2 Å². The first-order chi connectivity index (χ1) is 13.6. The maximum Gasteiger partial charge on any atom is 0.255 e. The van der Waals surface area contributed by atoms with Gasteiger partial charge in [0.1, 0.15) is 5.75 Å². The molecule has 0 spiro atoms. The molecule has 2 aliphatic rings. The topological polar surface area (TPSA) is 41.6 Å². The predicted octanol–water partition coefficient (Wildman–Crippen LogP) is 4.32. The van der Waals surface area contributed by atoms with Gasteiger partial charge in [-0.15, -0.1) is 0 Å². The number of piperidine rings is 2. The van der Waals surface area contributed by atoms with Gasteiger partial charge in [-0.2, -0.15) is 0 Å². The number of hydrogen-bond donors (Lipinski definition) is 1. The average Bonchev–Trinajstić information content (AvgIpc) is 2.70. The van der Waals surface area contributed by atoms with Crippen LogP contribution in [0.2, 0.25) is 0 Å². The largest absolute Gasteiger partial charge is 0.496 e. The Kier molecular flexibility index (Phi) is 5.67. The van der Waals surface area contributed by atoms with Crippen LogP contribution in [0.4, 0.5) is 0 Å². The molecule has 2 fully saturated rings. The summed E-state index contributed by atoms with van der Waals surface area (Å²) in [5.74, 6) is 0.615. The molecule has 0 unspecified atom stereocenters. The molecule has 0 saturated carbocycles. The lowest BCUT2D eigenvalue weighted by Crippen LogP contribution is -2.56. The van der Waals surface area contributed by atoms with Crippen LogP contribution in [0.25, 0.3) is 0 Å². The van der Waals surface area contributed by atoms with Crippen LogP contribution in [-0.2, 0) is 6.54 Å². The molecule has 4 heteroatoms. The Morgan fingerprint density at radius 2 is 1.75 bits per heavy atom. The lowest BCUT2D eigenvalue weighted by atomic mass is 9.81. The number of benzene rings is 2. The highest BCUT2D eigenvalue weighted by Gasteiger charge is 2.38. The Balaban J connectivity index is 1.43. The van der Waals surface area contributed by atoms with Crippen molar-refractivity contribution in [1.29, 1.82) is 0 Å². The SMILES string of the molecule is COc1ccccc1C(=O)NC1C[C@@H]2CCC[C@@H](C1)N2Cc1ccc(C)cc1. The molecule has 148 valence electrons. The summed E-state index contributed by atoms with van der Waals surface area (Å²) >= 11 is 0. The number of methoxy groups -OCH3 is 1. The molecule has 28 heavy (non-hydrogen) atoms. The second-order valence-electron chi connectivity index (χ2n) is 8.24. The van der Waals surface area contributed by atoms with E-state index in [0.717, 1.165) is 19.4 Å². The first kappa shape index (κ1) is 19.0. The Labute approximate surface area is 167 Å². The number of hydrogen-bond acceptors (Lipinski definition) is 3. The van der Waals surface area contributed by atoms with Crippen LogP contribution in [0.1, 0.15) is 53.6 Å². The van der Waals surface area contributed by atoms with Crippen molar-refractivity contribution in [2.24, 2.45) is 0 Å². The van der Waals surface area contributed by atoms with Gasteiger partial charge in [0, 0.05) is 24.7 Å². The van der Waals surface area contributed by atoms with Gasteiger partial charge in [0.05, 0.1) is 12.7 Å². The van der Waals surface area contributed by atoms with Crippen LogP contribution < -0.4 is 10.1 Å². The normalized spacial score (nSPS) is 24.6. The van der Waals surface area contributed by atoms with Crippen LogP contribution in [-0.4, -0.2) is 36.0 Å². The standard InChI is InChI=1S/C24H30N2O2/c1-17-10-12-18(13-11-17)16-26-20-6-5-7-21(26)15-19(14-20)25-24(27)22-8-3-4-9-23(22)28-2/h3-4,8-13,19-21H,5-7,14-16H2,1-2H3,(H,25,27)/t20-,21-/m0/s1. The Morgan fingerprint density at radius 1 is 1.07 bits per heavy atom. The fourth-order valence-electron chi connectivity index (χ4n) is 4.85. The molecule has 2 aromatic rings. The molecular weight excluding hydrogens is 348 g/mol. The Morgan fingerprint density at radius 3 is 2.43 bits per heavy atom. The minimum Gasteiger partial charge on any atom is -0.496 e. The molecule has 0 radical (unpaired) electrons. The molecule has 2 saturated heterocycles. The maximum atomic E-state index is 12.8. The van der Waals surface area contributed by atoms with E-state index < -0.39 is 0 Å². The molecule has 1 N–H and O–H groups in total. The zero-order valence-electron chi connectivity index (χ0n) is 16.9. The first-order valence-electron chi connectivity index (χ1n) is 10.4. The zero-order chi connectivity index (χ0) is 19.5. The molecule has 4 nitrogen and oxygen atoms in total. The molecule has 2 aliphatic heterocycles. The number of aryl methyl sites for hydroxylation is 1. The van der Waals surface area contributed by atoms with Crippen molar-refractivity contribution >= 4 is 5.91 Å². The molecular formula is C24H30N2O2. The molecule has 2 heterocycles. The molecule has 2 bridgehead atoms. The molecule has 4 rings (SSSR count). The highest BCUT2D eigenvalue weighted by atomic mass is 16.5. The van der Waals surface area contributed by atoms with Gasteiger partial charge in [-0.1, -0.05) is 48.4 Å². The van der Waals surface area contributed by atoms with Crippen LogP contribution in [0, 0.1) is 6.92 Å². The van der Waals surface area contributed by atoms with Gasteiger partial charge in [0.2, 0.25) is 0 Å². The quantitative estimate of drug-likeness (QED) is 0.842. The summed E-state index contributed by atoms with van der Waals surface area (Å²) < 4.78 is 5.35. The molecule has 0 aromatic heterocycles. The van der Waals surface area contributed by atoms with Crippen LogP contribution in [0.3, 0.4) is 0 Å². The van der Waals surface area contributed by atoms with Crippen LogP contribution in [0.15, 0.2) is 48.5 Å². The monoisotopic (exact) mass is 378 g/mol. The summed E-state index contributed by atoms with van der Waals surface area (Å²) in [7, 11) is 1.61. The number of ether oxygens (including phenoxy) is 1. The third kappa shape index (κ3) is 4.07. The van der Waals surface area contributed by atoms with E-state index in [-0.39, 0.29) is 11.9 Å². The van der Waals surface area contributed by atoms with E-state index >= 15 is 0 Å². The number of para-hydroxylation sites is 1. The first-order valence-corrected chi connectivity index (χ1v) is 10.4. The van der Waals surface area contributed by atoms with Gasteiger partial charge in [-0.3, -0.25) is 9.69 Å². The third-order valence-corrected chi connectivity index (χ3v) is 6.30. The van der Waals surface area contributed by atoms with Gasteiger partial charge in [-0.25, -0.2) is 0 Å². The van der Waals surface area contributed by atoms with E-state index in [1.165, 1.54) is 30.4 Å². The van der Waals surface area contributed by atoms with E-state index in [9.17, 15) is 4.79 Å². The maximum absolute atomic E-state index is 12.8. The predicted molar refractivity (Wildman–Crippen MR) is 112 cm³/mol. The van der Waals surface area contributed by atoms with E-state index in [1.54, 1.807) is 7.11 Å². The highest BCUT2D eigenvalue weighted by molar-refractivity contribution is 5.97. The van der Waals surface area contributed by atoms with Crippen molar-refractivity contribution < 1.29 is 9.53 Å². The summed E-state index contributed by atoms with van der Waals surface area (Å²) in [6, 6.07) is 17.7. The van der Waals surface area contributed by atoms with Crippen molar-refractivity contribution in [3.8, 4) is 5.75 Å². The summed E-state index contributed by atoms with van der Waals surface area (Å²) in [5, 5.41) is 3.28. The van der Waals surface area contributed by atoms with Crippen molar-refractivity contribution in [3.63, 3.8) is 0 Å². The number of carbonyl (C=O) groups is 1. The minimum absolute atomic E-state index is 0.0208. The minimum atomic E-state index is -0.0208. The fourth-order valence-corrected chi connectivity index (χ4v) is 4.85. The second-order valence-corrected chi connectivity index (χ2v) is 8.24. The number of nitrogens with one attached hydrogen (secondary N) is 1. The van der Waals surface area contributed by atoms with Gasteiger partial charge < -0.3 is 10.1 Å². The zero-order valence-corrected chi connectivity index (χ0v) is 16.9. The summed E-state index contributed by atoms with van der Waals surface area (Å²) in [4.78, 5) is 15.5. The third-order valence-electron chi connectivity index (χ3n) is 6.30. The van der Waals surface area contributed by atoms with E-state index in [0.29, 0.717) is 23.4 Å². The number of nitrogens with zero attached hydrogens (tertiary/aromatic N) is 1. The van der Waals surface area contributed by atoms with E-state index in [1.807, 2.05) is 24.3 Å². The number of carbonyl (C=O) groups excluding carboxylic acids is 1. The van der Waals surface area contributed by atoms with Gasteiger partial charge in [0.15, 0.2) is 0 Å². The molecule has 0 aliphatic carbocycles. The van der Waals surface area contributed by atoms with E-state index in [2.05, 4.69) is 41.4 Å². The fraction of sp³-hybridized carbons (Fsp3) is 0.458. The lowest BCUT2D eigenvalue weighted by Gasteiger charge is -2.49.